The Labute approximate surface area is 213 Å². The molecule has 190 valence electrons. The molecule has 0 bridgehead atoms. The van der Waals surface area contributed by atoms with Gasteiger partial charge in [0, 0.05) is 24.7 Å². The minimum absolute atomic E-state index is 0.0571. The normalized spacial score (nSPS) is 20.5. The number of hydrogen-bond acceptors (Lipinski definition) is 6. The van der Waals surface area contributed by atoms with E-state index in [-0.39, 0.29) is 23.0 Å². The third-order valence-electron chi connectivity index (χ3n) is 6.59. The molecule has 7 nitrogen and oxygen atoms in total. The summed E-state index contributed by atoms with van der Waals surface area (Å²) in [7, 11) is -3.57. The third kappa shape index (κ3) is 6.55. The topological polar surface area (TPSA) is 76.2 Å². The number of esters is 1. The van der Waals surface area contributed by atoms with Crippen molar-refractivity contribution in [1.82, 2.24) is 9.21 Å². The minimum Gasteiger partial charge on any atom is -0.490 e. The van der Waals surface area contributed by atoms with E-state index < -0.39 is 10.0 Å². The van der Waals surface area contributed by atoms with Gasteiger partial charge in [-0.1, -0.05) is 36.2 Å². The Morgan fingerprint density at radius 1 is 1.03 bits per heavy atom. The Kier molecular flexibility index (Phi) is 8.70. The van der Waals surface area contributed by atoms with Crippen LogP contribution in [0.15, 0.2) is 53.4 Å². The molecule has 2 aliphatic rings. The average Bonchev–Trinajstić information content (AvgIpc) is 2.85. The Balaban J connectivity index is 1.34. The highest BCUT2D eigenvalue weighted by Crippen LogP contribution is 2.27. The van der Waals surface area contributed by atoms with Crippen molar-refractivity contribution in [3.05, 3.63) is 59.1 Å². The summed E-state index contributed by atoms with van der Waals surface area (Å²) >= 11 is 5.99. The zero-order chi connectivity index (χ0) is 24.8. The summed E-state index contributed by atoms with van der Waals surface area (Å²) < 4.78 is 38.9. The van der Waals surface area contributed by atoms with E-state index in [4.69, 9.17) is 21.1 Å². The monoisotopic (exact) mass is 520 g/mol. The van der Waals surface area contributed by atoms with E-state index in [0.717, 1.165) is 37.1 Å². The first-order chi connectivity index (χ1) is 16.9. The first kappa shape index (κ1) is 25.9. The van der Waals surface area contributed by atoms with Crippen LogP contribution >= 0.6 is 11.6 Å². The van der Waals surface area contributed by atoms with Crippen LogP contribution in [0, 0.1) is 0 Å². The van der Waals surface area contributed by atoms with E-state index >= 15 is 0 Å². The lowest BCUT2D eigenvalue weighted by molar-refractivity contribution is -0.151. The second kappa shape index (κ2) is 11.7. The highest BCUT2D eigenvalue weighted by atomic mass is 35.5. The van der Waals surface area contributed by atoms with Crippen LogP contribution in [0.5, 0.6) is 5.75 Å². The molecule has 0 aliphatic carbocycles. The summed E-state index contributed by atoms with van der Waals surface area (Å²) in [5.74, 6) is 0.627. The van der Waals surface area contributed by atoms with Crippen molar-refractivity contribution in [1.29, 1.82) is 0 Å². The molecule has 2 aliphatic heterocycles. The van der Waals surface area contributed by atoms with Crippen LogP contribution in [-0.2, 0) is 26.1 Å². The van der Waals surface area contributed by atoms with Crippen molar-refractivity contribution >= 4 is 27.6 Å². The molecule has 2 aromatic rings. The molecule has 0 spiro atoms. The number of likely N-dealkylation sites (tertiary alicyclic amines) is 1. The van der Waals surface area contributed by atoms with Crippen LogP contribution in [0.4, 0.5) is 0 Å². The lowest BCUT2D eigenvalue weighted by atomic mass is 10.0. The maximum atomic E-state index is 12.9. The van der Waals surface area contributed by atoms with Gasteiger partial charge >= 0.3 is 5.97 Å². The van der Waals surface area contributed by atoms with Gasteiger partial charge in [0.1, 0.15) is 17.9 Å². The summed E-state index contributed by atoms with van der Waals surface area (Å²) in [6.45, 7) is 4.56. The molecule has 0 saturated carbocycles. The molecule has 4 rings (SSSR count). The van der Waals surface area contributed by atoms with Crippen LogP contribution in [0.1, 0.15) is 44.6 Å². The third-order valence-corrected chi connectivity index (χ3v) is 8.72. The molecule has 0 N–H and O–H groups in total. The number of benzene rings is 2. The van der Waals surface area contributed by atoms with Crippen molar-refractivity contribution in [3.63, 3.8) is 0 Å². The fourth-order valence-electron chi connectivity index (χ4n) is 4.80. The Morgan fingerprint density at radius 3 is 2.54 bits per heavy atom. The number of halogens is 1. The zero-order valence-corrected chi connectivity index (χ0v) is 21.6. The van der Waals surface area contributed by atoms with Gasteiger partial charge < -0.3 is 9.47 Å². The molecule has 2 fully saturated rings. The zero-order valence-electron chi connectivity index (χ0n) is 20.1. The second-order valence-corrected chi connectivity index (χ2v) is 11.4. The van der Waals surface area contributed by atoms with E-state index in [1.54, 1.807) is 18.2 Å². The highest BCUT2D eigenvalue weighted by Gasteiger charge is 2.31. The Morgan fingerprint density at radius 2 is 1.80 bits per heavy atom. The van der Waals surface area contributed by atoms with E-state index in [9.17, 15) is 13.2 Å². The summed E-state index contributed by atoms with van der Waals surface area (Å²) in [5.41, 5.74) is 1.08. The van der Waals surface area contributed by atoms with Gasteiger partial charge in [-0.15, -0.1) is 0 Å². The van der Waals surface area contributed by atoms with Crippen LogP contribution in [-0.4, -0.2) is 62.0 Å². The quantitative estimate of drug-likeness (QED) is 0.477. The number of piperidine rings is 2. The fourth-order valence-corrected chi connectivity index (χ4v) is 6.57. The van der Waals surface area contributed by atoms with E-state index in [0.29, 0.717) is 44.1 Å². The summed E-state index contributed by atoms with van der Waals surface area (Å²) in [5, 5.41) is 0.405. The molecular weight excluding hydrogens is 488 g/mol. The number of carbonyl (C=O) groups is 1. The first-order valence-corrected chi connectivity index (χ1v) is 14.1. The number of carbonyl (C=O) groups excluding carboxylic acids is 1. The molecule has 2 saturated heterocycles. The summed E-state index contributed by atoms with van der Waals surface area (Å²) in [4.78, 5) is 14.8. The molecule has 0 radical (unpaired) electrons. The molecule has 1 atom stereocenters. The van der Waals surface area contributed by atoms with Gasteiger partial charge in [0.25, 0.3) is 0 Å². The number of rotatable bonds is 8. The smallest absolute Gasteiger partial charge is 0.323 e. The van der Waals surface area contributed by atoms with Crippen molar-refractivity contribution in [2.75, 3.05) is 26.2 Å². The predicted molar refractivity (Wildman–Crippen MR) is 135 cm³/mol. The molecule has 9 heteroatoms. The highest BCUT2D eigenvalue weighted by molar-refractivity contribution is 7.89. The Bertz CT molecular complexity index is 1120. The number of nitrogens with zero attached hydrogens (tertiary/aromatic N) is 2. The standard InChI is InChI=1S/C26H33ClN2O5S/c1-2-33-26(30)25-11-3-4-14-28(25)19-20-7-5-9-23(17-20)34-22-12-15-29(16-13-22)35(31,32)24-10-6-8-21(27)18-24/h5-10,17-18,22,25H,2-4,11-16,19H2,1H3/t25-/m1/s1. The minimum atomic E-state index is -3.57. The molecule has 0 unspecified atom stereocenters. The summed E-state index contributed by atoms with van der Waals surface area (Å²) in [6, 6.07) is 14.1. The maximum absolute atomic E-state index is 12.9. The van der Waals surface area contributed by atoms with Crippen LogP contribution in [0.3, 0.4) is 0 Å². The number of hydrogen-bond donors (Lipinski definition) is 0. The Hall–Kier alpha value is -2.13. The van der Waals surface area contributed by atoms with Crippen LogP contribution in [0.2, 0.25) is 5.02 Å². The molecule has 0 amide bonds. The SMILES string of the molecule is CCOC(=O)[C@H]1CCCCN1Cc1cccc(OC2CCN(S(=O)(=O)c3cccc(Cl)c3)CC2)c1. The molecule has 35 heavy (non-hydrogen) atoms. The van der Waals surface area contributed by atoms with Gasteiger partial charge in [-0.3, -0.25) is 9.69 Å². The van der Waals surface area contributed by atoms with Crippen LogP contribution in [0.25, 0.3) is 0 Å². The van der Waals surface area contributed by atoms with Gasteiger partial charge in [0.15, 0.2) is 0 Å². The van der Waals surface area contributed by atoms with Crippen molar-refractivity contribution in [2.45, 2.75) is 62.6 Å². The number of sulfonamides is 1. The molecule has 2 heterocycles. The van der Waals surface area contributed by atoms with Crippen molar-refractivity contribution in [3.8, 4) is 5.75 Å². The molecule has 2 aromatic carbocycles. The first-order valence-electron chi connectivity index (χ1n) is 12.3. The van der Waals surface area contributed by atoms with Crippen LogP contribution < -0.4 is 4.74 Å². The van der Waals surface area contributed by atoms with Crippen molar-refractivity contribution in [2.24, 2.45) is 0 Å². The van der Waals surface area contributed by atoms with Gasteiger partial charge in [-0.2, -0.15) is 4.31 Å². The van der Waals surface area contributed by atoms with E-state index in [1.165, 1.54) is 10.4 Å². The second-order valence-electron chi connectivity index (χ2n) is 9.06. The predicted octanol–water partition coefficient (Wildman–Crippen LogP) is 4.49. The maximum Gasteiger partial charge on any atom is 0.323 e. The average molecular weight is 521 g/mol. The number of ether oxygens (including phenoxy) is 2. The van der Waals surface area contributed by atoms with E-state index in [1.807, 2.05) is 31.2 Å². The lowest BCUT2D eigenvalue weighted by Gasteiger charge is -2.34. The summed E-state index contributed by atoms with van der Waals surface area (Å²) in [6.07, 6.45) is 4.10. The lowest BCUT2D eigenvalue weighted by Crippen LogP contribution is -2.44. The molecule has 0 aromatic heterocycles. The van der Waals surface area contributed by atoms with Crippen molar-refractivity contribution < 1.29 is 22.7 Å². The largest absolute Gasteiger partial charge is 0.490 e. The van der Waals surface area contributed by atoms with Gasteiger partial charge in [0.05, 0.1) is 11.5 Å². The fraction of sp³-hybridized carbons (Fsp3) is 0.500. The molecular formula is C26H33ClN2O5S. The van der Waals surface area contributed by atoms with Gasteiger partial charge in [-0.25, -0.2) is 8.42 Å². The van der Waals surface area contributed by atoms with Gasteiger partial charge in [0.2, 0.25) is 10.0 Å². The van der Waals surface area contributed by atoms with E-state index in [2.05, 4.69) is 4.90 Å². The van der Waals surface area contributed by atoms with Gasteiger partial charge in [-0.05, 0) is 75.0 Å².